The fraction of sp³-hybridized carbons (Fsp3) is 0.667. The Kier molecular flexibility index (Phi) is 1.79. The van der Waals surface area contributed by atoms with Gasteiger partial charge in [0, 0.05) is 12.6 Å². The van der Waals surface area contributed by atoms with Gasteiger partial charge in [0.2, 0.25) is 0 Å². The molecule has 3 heteroatoms. The average Bonchev–Trinajstić information content (AvgIpc) is 2.30. The molecule has 0 saturated carbocycles. The van der Waals surface area contributed by atoms with Gasteiger partial charge in [-0.05, 0) is 25.7 Å². The number of nitrogen functional groups attached to an aromatic ring is 1. The van der Waals surface area contributed by atoms with Gasteiger partial charge in [-0.25, -0.2) is 0 Å². The minimum absolute atomic E-state index is 0.868. The van der Waals surface area contributed by atoms with Crippen molar-refractivity contribution in [1.29, 1.82) is 0 Å². The highest BCUT2D eigenvalue weighted by Gasteiger charge is 2.15. The van der Waals surface area contributed by atoms with Crippen molar-refractivity contribution in [2.75, 3.05) is 5.73 Å². The first kappa shape index (κ1) is 7.65. The lowest BCUT2D eigenvalue weighted by Crippen LogP contribution is -1.99. The molecule has 0 amide bonds. The Morgan fingerprint density at radius 3 is 2.83 bits per heavy atom. The van der Waals surface area contributed by atoms with Crippen LogP contribution in [0.1, 0.15) is 30.5 Å². The second kappa shape index (κ2) is 2.81. The zero-order chi connectivity index (χ0) is 8.55. The summed E-state index contributed by atoms with van der Waals surface area (Å²) in [5.74, 6) is 0.868. The number of hydrogen-bond donors (Lipinski definition) is 1. The van der Waals surface area contributed by atoms with Crippen LogP contribution in [0, 0.1) is 0 Å². The summed E-state index contributed by atoms with van der Waals surface area (Å²) in [4.78, 5) is 0. The Labute approximate surface area is 72.6 Å². The summed E-state index contributed by atoms with van der Waals surface area (Å²) in [6.07, 6.45) is 6.08. The molecule has 0 atom stereocenters. The van der Waals surface area contributed by atoms with Crippen LogP contribution in [-0.2, 0) is 19.9 Å². The number of nitrogens with two attached hydrogens (primary N) is 1. The maximum Gasteiger partial charge on any atom is 0.124 e. The molecule has 2 N–H and O–H groups in total. The fourth-order valence-electron chi connectivity index (χ4n) is 1.88. The Morgan fingerprint density at radius 2 is 2.00 bits per heavy atom. The second-order valence-corrected chi connectivity index (χ2v) is 3.49. The van der Waals surface area contributed by atoms with E-state index in [1.807, 2.05) is 7.05 Å². The number of nitrogens with zero attached hydrogens (tertiary/aromatic N) is 2. The van der Waals surface area contributed by atoms with Crippen LogP contribution in [0.25, 0.3) is 0 Å². The highest BCUT2D eigenvalue weighted by Crippen LogP contribution is 2.23. The molecule has 12 heavy (non-hydrogen) atoms. The molecule has 1 aromatic heterocycles. The van der Waals surface area contributed by atoms with Crippen molar-refractivity contribution >= 4 is 5.82 Å². The van der Waals surface area contributed by atoms with Crippen molar-refractivity contribution in [3.63, 3.8) is 0 Å². The highest BCUT2D eigenvalue weighted by molar-refractivity contribution is 5.43. The first-order valence-corrected chi connectivity index (χ1v) is 4.59. The van der Waals surface area contributed by atoms with Crippen LogP contribution in [0.5, 0.6) is 0 Å². The average molecular weight is 165 g/mol. The van der Waals surface area contributed by atoms with Gasteiger partial charge >= 0.3 is 0 Å². The van der Waals surface area contributed by atoms with Gasteiger partial charge in [0.1, 0.15) is 5.82 Å². The number of aromatic nitrogens is 2. The van der Waals surface area contributed by atoms with Crippen LogP contribution >= 0.6 is 0 Å². The molecule has 0 aromatic carbocycles. The molecule has 0 aliphatic heterocycles. The zero-order valence-corrected chi connectivity index (χ0v) is 7.51. The van der Waals surface area contributed by atoms with Crippen molar-refractivity contribution in [3.8, 4) is 0 Å². The van der Waals surface area contributed by atoms with Gasteiger partial charge in [-0.3, -0.25) is 4.68 Å². The minimum Gasteiger partial charge on any atom is -0.384 e. The molecule has 0 bridgehead atoms. The van der Waals surface area contributed by atoms with E-state index in [9.17, 15) is 0 Å². The topological polar surface area (TPSA) is 43.8 Å². The van der Waals surface area contributed by atoms with E-state index in [4.69, 9.17) is 5.73 Å². The molecule has 1 heterocycles. The largest absolute Gasteiger partial charge is 0.384 e. The molecular formula is C9H15N3. The SMILES string of the molecule is Cn1nc2c(c1N)CCCCC2. The second-order valence-electron chi connectivity index (χ2n) is 3.49. The molecule has 0 unspecified atom stereocenters. The van der Waals surface area contributed by atoms with Crippen LogP contribution in [0.2, 0.25) is 0 Å². The van der Waals surface area contributed by atoms with E-state index in [1.165, 1.54) is 30.5 Å². The van der Waals surface area contributed by atoms with Crippen LogP contribution in [0.4, 0.5) is 5.82 Å². The smallest absolute Gasteiger partial charge is 0.124 e. The number of rotatable bonds is 0. The number of hydrogen-bond acceptors (Lipinski definition) is 2. The van der Waals surface area contributed by atoms with Gasteiger partial charge in [0.15, 0.2) is 0 Å². The van der Waals surface area contributed by atoms with Crippen molar-refractivity contribution in [3.05, 3.63) is 11.3 Å². The zero-order valence-electron chi connectivity index (χ0n) is 7.51. The third-order valence-corrected chi connectivity index (χ3v) is 2.62. The quantitative estimate of drug-likeness (QED) is 0.588. The van der Waals surface area contributed by atoms with Gasteiger partial charge in [0.05, 0.1) is 5.69 Å². The molecular weight excluding hydrogens is 150 g/mol. The normalized spacial score (nSPS) is 17.1. The monoisotopic (exact) mass is 165 g/mol. The van der Waals surface area contributed by atoms with Gasteiger partial charge in [-0.2, -0.15) is 5.10 Å². The van der Waals surface area contributed by atoms with E-state index < -0.39 is 0 Å². The summed E-state index contributed by atoms with van der Waals surface area (Å²) in [6.45, 7) is 0. The Bertz CT molecular complexity index is 288. The molecule has 1 aliphatic rings. The van der Waals surface area contributed by atoms with Crippen molar-refractivity contribution < 1.29 is 0 Å². The summed E-state index contributed by atoms with van der Waals surface area (Å²) in [6, 6.07) is 0. The van der Waals surface area contributed by atoms with Crippen molar-refractivity contribution in [2.24, 2.45) is 7.05 Å². The molecule has 1 aromatic rings. The van der Waals surface area contributed by atoms with E-state index in [-0.39, 0.29) is 0 Å². The molecule has 3 nitrogen and oxygen atoms in total. The van der Waals surface area contributed by atoms with E-state index in [2.05, 4.69) is 5.10 Å². The first-order chi connectivity index (χ1) is 5.79. The maximum atomic E-state index is 5.89. The predicted molar refractivity (Wildman–Crippen MR) is 48.9 cm³/mol. The third-order valence-electron chi connectivity index (χ3n) is 2.62. The van der Waals surface area contributed by atoms with E-state index in [0.717, 1.165) is 18.7 Å². The molecule has 0 radical (unpaired) electrons. The molecule has 0 fully saturated rings. The molecule has 0 spiro atoms. The van der Waals surface area contributed by atoms with Gasteiger partial charge in [-0.1, -0.05) is 6.42 Å². The lowest BCUT2D eigenvalue weighted by molar-refractivity contribution is 0.682. The van der Waals surface area contributed by atoms with Crippen LogP contribution < -0.4 is 5.73 Å². The lowest BCUT2D eigenvalue weighted by atomic mass is 10.1. The van der Waals surface area contributed by atoms with Crippen molar-refractivity contribution in [1.82, 2.24) is 9.78 Å². The summed E-state index contributed by atoms with van der Waals surface area (Å²) < 4.78 is 1.80. The van der Waals surface area contributed by atoms with Gasteiger partial charge in [0.25, 0.3) is 0 Å². The van der Waals surface area contributed by atoms with E-state index >= 15 is 0 Å². The van der Waals surface area contributed by atoms with E-state index in [1.54, 1.807) is 4.68 Å². The van der Waals surface area contributed by atoms with Gasteiger partial charge < -0.3 is 5.73 Å². The Hall–Kier alpha value is -0.990. The summed E-state index contributed by atoms with van der Waals surface area (Å²) in [5, 5.41) is 4.40. The Morgan fingerprint density at radius 1 is 1.25 bits per heavy atom. The summed E-state index contributed by atoms with van der Waals surface area (Å²) in [5.41, 5.74) is 8.42. The minimum atomic E-state index is 0.868. The predicted octanol–water partition coefficient (Wildman–Crippen LogP) is 1.27. The number of aryl methyl sites for hydroxylation is 2. The van der Waals surface area contributed by atoms with Crippen LogP contribution in [0.3, 0.4) is 0 Å². The number of anilines is 1. The van der Waals surface area contributed by atoms with Crippen molar-refractivity contribution in [2.45, 2.75) is 32.1 Å². The molecule has 2 rings (SSSR count). The molecule has 0 saturated heterocycles. The summed E-state index contributed by atoms with van der Waals surface area (Å²) >= 11 is 0. The molecule has 1 aliphatic carbocycles. The maximum absolute atomic E-state index is 5.89. The van der Waals surface area contributed by atoms with Crippen LogP contribution in [0.15, 0.2) is 0 Å². The fourth-order valence-corrected chi connectivity index (χ4v) is 1.88. The lowest BCUT2D eigenvalue weighted by Gasteiger charge is -1.97. The van der Waals surface area contributed by atoms with E-state index in [0.29, 0.717) is 0 Å². The third kappa shape index (κ3) is 1.09. The molecule has 66 valence electrons. The first-order valence-electron chi connectivity index (χ1n) is 4.59. The number of fused-ring (bicyclic) bond motifs is 1. The van der Waals surface area contributed by atoms with Gasteiger partial charge in [-0.15, -0.1) is 0 Å². The highest BCUT2D eigenvalue weighted by atomic mass is 15.3. The standard InChI is InChI=1S/C9H15N3/c1-12-9(10)7-5-3-2-4-6-8(7)11-12/h2-6,10H2,1H3. The Balaban J connectivity index is 2.42. The summed E-state index contributed by atoms with van der Waals surface area (Å²) in [7, 11) is 1.92. The van der Waals surface area contributed by atoms with Crippen LogP contribution in [-0.4, -0.2) is 9.78 Å².